The fraction of sp³-hybridized carbons (Fsp3) is 0.207. The zero-order valence-corrected chi connectivity index (χ0v) is 23.9. The Labute approximate surface area is 239 Å². The van der Waals surface area contributed by atoms with Gasteiger partial charge in [0.15, 0.2) is 23.4 Å². The van der Waals surface area contributed by atoms with Gasteiger partial charge >= 0.3 is 11.9 Å². The molecule has 1 amide bonds. The van der Waals surface area contributed by atoms with Crippen LogP contribution in [0, 0.1) is 13.8 Å². The van der Waals surface area contributed by atoms with E-state index in [1.807, 2.05) is 24.3 Å². The molecule has 0 aliphatic rings. The summed E-state index contributed by atoms with van der Waals surface area (Å²) in [6.45, 7) is 5.68. The minimum atomic E-state index is -1.10. The van der Waals surface area contributed by atoms with Crippen molar-refractivity contribution in [3.63, 3.8) is 0 Å². The highest BCUT2D eigenvalue weighted by atomic mass is 79.9. The first kappa shape index (κ1) is 28.5. The summed E-state index contributed by atoms with van der Waals surface area (Å²) < 4.78 is 24.9. The van der Waals surface area contributed by atoms with Gasteiger partial charge in [-0.1, -0.05) is 0 Å². The largest absolute Gasteiger partial charge is 0.493 e. The zero-order chi connectivity index (χ0) is 28.8. The summed E-state index contributed by atoms with van der Waals surface area (Å²) in [6, 6.07) is 18.3. The number of hydrazone groups is 1. The van der Waals surface area contributed by atoms with Crippen LogP contribution in [0.5, 0.6) is 17.2 Å². The molecule has 0 bridgehead atoms. The topological polar surface area (TPSA) is 125 Å². The summed E-state index contributed by atoms with van der Waals surface area (Å²) in [7, 11) is 1.43. The Kier molecular flexibility index (Phi) is 8.95. The molecule has 0 spiro atoms. The van der Waals surface area contributed by atoms with E-state index < -0.39 is 18.0 Å². The normalized spacial score (nSPS) is 11.8. The van der Waals surface area contributed by atoms with Gasteiger partial charge in [-0.05, 0) is 97.4 Å². The molecule has 2 N–H and O–H groups in total. The molecular formula is C29H28BrN3O7. The van der Waals surface area contributed by atoms with E-state index in [-0.39, 0.29) is 18.1 Å². The van der Waals surface area contributed by atoms with Crippen molar-refractivity contribution >= 4 is 34.0 Å². The fourth-order valence-corrected chi connectivity index (χ4v) is 4.28. The lowest BCUT2D eigenvalue weighted by Crippen LogP contribution is -2.23. The number of rotatable bonds is 11. The lowest BCUT2D eigenvalue weighted by Gasteiger charge is -2.15. The number of aliphatic carboxylic acids is 1. The molecule has 0 fully saturated rings. The van der Waals surface area contributed by atoms with Gasteiger partial charge in [-0.15, -0.1) is 0 Å². The van der Waals surface area contributed by atoms with Gasteiger partial charge in [0.2, 0.25) is 0 Å². The quantitative estimate of drug-likeness (QED) is 0.166. The fourth-order valence-electron chi connectivity index (χ4n) is 3.86. The number of furan rings is 1. The van der Waals surface area contributed by atoms with Crippen LogP contribution in [-0.4, -0.2) is 41.0 Å². The first-order chi connectivity index (χ1) is 19.2. The van der Waals surface area contributed by atoms with Gasteiger partial charge in [0, 0.05) is 27.1 Å². The second kappa shape index (κ2) is 12.6. The van der Waals surface area contributed by atoms with Gasteiger partial charge in [0.25, 0.3) is 0 Å². The molecule has 0 aliphatic carbocycles. The van der Waals surface area contributed by atoms with Crippen LogP contribution in [0.25, 0.3) is 5.69 Å². The number of hydrogen-bond donors (Lipinski definition) is 2. The van der Waals surface area contributed by atoms with Crippen LogP contribution in [0.15, 0.2) is 74.7 Å². The van der Waals surface area contributed by atoms with Crippen molar-refractivity contribution in [2.24, 2.45) is 5.10 Å². The van der Waals surface area contributed by atoms with Crippen molar-refractivity contribution in [3.05, 3.63) is 93.6 Å². The van der Waals surface area contributed by atoms with Crippen molar-refractivity contribution in [1.82, 2.24) is 9.99 Å². The third kappa shape index (κ3) is 6.73. The number of carboxylic acid groups (broad SMARTS) is 1. The molecule has 4 rings (SSSR count). The second-order valence-electron chi connectivity index (χ2n) is 8.82. The van der Waals surface area contributed by atoms with Crippen molar-refractivity contribution in [2.75, 3.05) is 7.11 Å². The van der Waals surface area contributed by atoms with E-state index in [0.29, 0.717) is 27.3 Å². The number of carbonyl (C=O) groups is 2. The van der Waals surface area contributed by atoms with Crippen molar-refractivity contribution in [2.45, 2.75) is 33.5 Å². The number of carboxylic acids is 1. The molecule has 2 heterocycles. The monoisotopic (exact) mass is 609 g/mol. The van der Waals surface area contributed by atoms with Crippen molar-refractivity contribution < 1.29 is 33.3 Å². The van der Waals surface area contributed by atoms with Gasteiger partial charge in [-0.2, -0.15) is 5.10 Å². The molecule has 2 aromatic heterocycles. The number of hydrogen-bond acceptors (Lipinski definition) is 7. The smallest absolute Gasteiger partial charge is 0.344 e. The van der Waals surface area contributed by atoms with E-state index >= 15 is 0 Å². The van der Waals surface area contributed by atoms with E-state index in [9.17, 15) is 9.59 Å². The summed E-state index contributed by atoms with van der Waals surface area (Å²) in [5.41, 5.74) is 6.33. The number of nitrogens with one attached hydrogen (secondary N) is 1. The average Bonchev–Trinajstić information content (AvgIpc) is 3.55. The maximum absolute atomic E-state index is 12.5. The average molecular weight is 610 g/mol. The van der Waals surface area contributed by atoms with Crippen molar-refractivity contribution in [1.29, 1.82) is 0 Å². The number of methoxy groups -OCH3 is 1. The first-order valence-electron chi connectivity index (χ1n) is 12.2. The molecule has 0 radical (unpaired) electrons. The van der Waals surface area contributed by atoms with Gasteiger partial charge < -0.3 is 28.3 Å². The molecule has 2 aromatic carbocycles. The lowest BCUT2D eigenvalue weighted by atomic mass is 10.2. The lowest BCUT2D eigenvalue weighted by molar-refractivity contribution is -0.144. The number of carbonyl (C=O) groups excluding carboxylic acids is 1. The summed E-state index contributed by atoms with van der Waals surface area (Å²) in [5, 5.41) is 13.1. The van der Waals surface area contributed by atoms with Crippen LogP contribution in [-0.2, 0) is 11.4 Å². The molecule has 4 aromatic rings. The van der Waals surface area contributed by atoms with Crippen LogP contribution in [0.2, 0.25) is 0 Å². The summed E-state index contributed by atoms with van der Waals surface area (Å²) in [4.78, 5) is 23.6. The van der Waals surface area contributed by atoms with Crippen LogP contribution in [0.1, 0.15) is 40.2 Å². The van der Waals surface area contributed by atoms with Gasteiger partial charge in [0.05, 0.1) is 13.3 Å². The van der Waals surface area contributed by atoms with Gasteiger partial charge in [-0.25, -0.2) is 10.2 Å². The van der Waals surface area contributed by atoms with Gasteiger partial charge in [-0.3, -0.25) is 4.79 Å². The van der Waals surface area contributed by atoms with E-state index in [1.54, 1.807) is 24.3 Å². The van der Waals surface area contributed by atoms with Crippen LogP contribution < -0.4 is 19.6 Å². The van der Waals surface area contributed by atoms with E-state index in [2.05, 4.69) is 57.0 Å². The second-order valence-corrected chi connectivity index (χ2v) is 9.68. The molecule has 0 unspecified atom stereocenters. The predicted octanol–water partition coefficient (Wildman–Crippen LogP) is 5.65. The zero-order valence-electron chi connectivity index (χ0n) is 22.3. The number of benzene rings is 2. The third-order valence-corrected chi connectivity index (χ3v) is 6.62. The molecule has 40 heavy (non-hydrogen) atoms. The Morgan fingerprint density at radius 3 is 2.42 bits per heavy atom. The summed E-state index contributed by atoms with van der Waals surface area (Å²) >= 11 is 3.39. The Balaban J connectivity index is 1.33. The van der Waals surface area contributed by atoms with E-state index in [4.69, 9.17) is 23.7 Å². The Bertz CT molecular complexity index is 1520. The summed E-state index contributed by atoms with van der Waals surface area (Å²) in [5.74, 6) is 0.145. The standard InChI is InChI=1S/C29H28BrN3O7/c1-17-5-6-18(2)33(17)21-7-9-22(10-8-21)38-16-23-11-12-25(40-23)28(34)32-31-15-20-13-26(37-4)27(14-24(20)30)39-19(3)29(35)36/h5-15,19H,16H2,1-4H3,(H,32,34)(H,35,36)/b31-15+/t19-/m0/s1. The number of aryl methyl sites for hydroxylation is 2. The summed E-state index contributed by atoms with van der Waals surface area (Å²) in [6.07, 6.45) is 0.343. The minimum Gasteiger partial charge on any atom is -0.493 e. The molecule has 0 saturated carbocycles. The number of aromatic nitrogens is 1. The van der Waals surface area contributed by atoms with E-state index in [1.165, 1.54) is 20.2 Å². The number of nitrogens with zero attached hydrogens (tertiary/aromatic N) is 2. The van der Waals surface area contributed by atoms with Crippen LogP contribution in [0.3, 0.4) is 0 Å². The maximum Gasteiger partial charge on any atom is 0.344 e. The SMILES string of the molecule is COc1cc(/C=N/NC(=O)c2ccc(COc3ccc(-n4c(C)ccc4C)cc3)o2)c(Br)cc1O[C@@H](C)C(=O)O. The molecular weight excluding hydrogens is 582 g/mol. The predicted molar refractivity (Wildman–Crippen MR) is 152 cm³/mol. The van der Waals surface area contributed by atoms with Crippen LogP contribution in [0.4, 0.5) is 0 Å². The Hall–Kier alpha value is -4.51. The minimum absolute atomic E-state index is 0.0766. The highest BCUT2D eigenvalue weighted by molar-refractivity contribution is 9.10. The third-order valence-electron chi connectivity index (χ3n) is 5.94. The number of ether oxygens (including phenoxy) is 3. The molecule has 10 nitrogen and oxygen atoms in total. The molecule has 11 heteroatoms. The maximum atomic E-state index is 12.5. The van der Waals surface area contributed by atoms with Gasteiger partial charge in [0.1, 0.15) is 18.1 Å². The van der Waals surface area contributed by atoms with Crippen LogP contribution >= 0.6 is 15.9 Å². The highest BCUT2D eigenvalue weighted by Crippen LogP contribution is 2.33. The molecule has 1 atom stereocenters. The first-order valence-corrected chi connectivity index (χ1v) is 13.0. The Morgan fingerprint density at radius 2 is 1.77 bits per heavy atom. The van der Waals surface area contributed by atoms with Crippen molar-refractivity contribution in [3.8, 4) is 22.9 Å². The highest BCUT2D eigenvalue weighted by Gasteiger charge is 2.17. The molecule has 0 aliphatic heterocycles. The molecule has 208 valence electrons. The van der Waals surface area contributed by atoms with E-state index in [0.717, 1.165) is 17.1 Å². The Morgan fingerprint density at radius 1 is 1.07 bits per heavy atom. The molecule has 0 saturated heterocycles. The number of amides is 1. The number of halogens is 1.